The fourth-order valence-corrected chi connectivity index (χ4v) is 1.20. The molecular weight excluding hydrogens is 190 g/mol. The second kappa shape index (κ2) is 3.53. The van der Waals surface area contributed by atoms with Crippen LogP contribution in [-0.2, 0) is 0 Å². The van der Waals surface area contributed by atoms with Gasteiger partial charge in [0.1, 0.15) is 5.52 Å². The molecule has 2 aromatic heterocycles. The van der Waals surface area contributed by atoms with Crippen LogP contribution < -0.4 is 5.32 Å². The third kappa shape index (κ3) is 2.46. The molecule has 0 aliphatic carbocycles. The molecule has 0 aromatic carbocycles. The monoisotopic (exact) mass is 205 g/mol. The van der Waals surface area contributed by atoms with Crippen molar-refractivity contribution in [1.82, 2.24) is 9.97 Å². The predicted molar refractivity (Wildman–Crippen MR) is 59.7 cm³/mol. The number of pyridine rings is 1. The smallest absolute Gasteiger partial charge is 0.295 e. The molecule has 1 N–H and O–H groups in total. The summed E-state index contributed by atoms with van der Waals surface area (Å²) >= 11 is 0. The Bertz CT molecular complexity index is 423. The van der Waals surface area contributed by atoms with Gasteiger partial charge in [-0.25, -0.2) is 0 Å². The molecule has 0 aliphatic rings. The fourth-order valence-electron chi connectivity index (χ4n) is 1.20. The molecule has 15 heavy (non-hydrogen) atoms. The van der Waals surface area contributed by atoms with Crippen molar-refractivity contribution in [3.63, 3.8) is 0 Å². The molecule has 2 aromatic rings. The summed E-state index contributed by atoms with van der Waals surface area (Å²) in [5, 5.41) is 3.17. The Labute approximate surface area is 88.7 Å². The van der Waals surface area contributed by atoms with Gasteiger partial charge in [0, 0.05) is 18.8 Å². The van der Waals surface area contributed by atoms with Crippen molar-refractivity contribution in [3.8, 4) is 0 Å². The van der Waals surface area contributed by atoms with Gasteiger partial charge in [-0.05, 0) is 5.41 Å². The van der Waals surface area contributed by atoms with Crippen LogP contribution in [0.15, 0.2) is 22.9 Å². The van der Waals surface area contributed by atoms with Crippen molar-refractivity contribution in [2.24, 2.45) is 5.41 Å². The number of aromatic nitrogens is 2. The Morgan fingerprint density at radius 2 is 2.20 bits per heavy atom. The lowest BCUT2D eigenvalue weighted by molar-refractivity contribution is 0.435. The highest BCUT2D eigenvalue weighted by atomic mass is 16.4. The highest BCUT2D eigenvalue weighted by Gasteiger charge is 2.12. The maximum Gasteiger partial charge on any atom is 0.295 e. The standard InChI is InChI=1S/C11H15N3O/c1-11(2,3)7-13-10-14-8-6-12-5-4-9(8)15-10/h4-6H,7H2,1-3H3,(H,13,14). The third-order valence-electron chi connectivity index (χ3n) is 1.96. The number of nitrogens with one attached hydrogen (secondary N) is 1. The zero-order valence-corrected chi connectivity index (χ0v) is 9.24. The number of anilines is 1. The second-order valence-corrected chi connectivity index (χ2v) is 4.78. The Kier molecular flexibility index (Phi) is 2.34. The third-order valence-corrected chi connectivity index (χ3v) is 1.96. The fraction of sp³-hybridized carbons (Fsp3) is 0.455. The quantitative estimate of drug-likeness (QED) is 0.818. The van der Waals surface area contributed by atoms with Gasteiger partial charge in [0.2, 0.25) is 0 Å². The molecule has 2 rings (SSSR count). The van der Waals surface area contributed by atoms with E-state index in [2.05, 4.69) is 36.1 Å². The largest absolute Gasteiger partial charge is 0.423 e. The van der Waals surface area contributed by atoms with Crippen molar-refractivity contribution in [2.75, 3.05) is 11.9 Å². The first-order chi connectivity index (χ1) is 7.04. The summed E-state index contributed by atoms with van der Waals surface area (Å²) in [7, 11) is 0. The normalized spacial score (nSPS) is 11.9. The lowest BCUT2D eigenvalue weighted by Crippen LogP contribution is -2.19. The molecule has 0 atom stereocenters. The minimum absolute atomic E-state index is 0.207. The Hall–Kier alpha value is -1.58. The molecule has 4 nitrogen and oxygen atoms in total. The average molecular weight is 205 g/mol. The molecular formula is C11H15N3O. The number of rotatable bonds is 2. The zero-order valence-electron chi connectivity index (χ0n) is 9.24. The van der Waals surface area contributed by atoms with Gasteiger partial charge >= 0.3 is 0 Å². The van der Waals surface area contributed by atoms with E-state index < -0.39 is 0 Å². The van der Waals surface area contributed by atoms with E-state index in [1.807, 2.05) is 6.07 Å². The second-order valence-electron chi connectivity index (χ2n) is 4.78. The molecule has 0 amide bonds. The SMILES string of the molecule is CC(C)(C)CNc1nc2cnccc2o1. The van der Waals surface area contributed by atoms with Crippen LogP contribution in [0.1, 0.15) is 20.8 Å². The molecule has 0 aliphatic heterocycles. The molecule has 0 bridgehead atoms. The lowest BCUT2D eigenvalue weighted by Gasteiger charge is -2.17. The minimum atomic E-state index is 0.207. The van der Waals surface area contributed by atoms with E-state index in [-0.39, 0.29) is 5.41 Å². The highest BCUT2D eigenvalue weighted by molar-refractivity contribution is 5.72. The molecule has 0 unspecified atom stereocenters. The number of nitrogens with zero attached hydrogens (tertiary/aromatic N) is 2. The van der Waals surface area contributed by atoms with Crippen molar-refractivity contribution in [2.45, 2.75) is 20.8 Å². The lowest BCUT2D eigenvalue weighted by atomic mass is 9.97. The van der Waals surface area contributed by atoms with Gasteiger partial charge in [0.25, 0.3) is 6.01 Å². The number of oxazole rings is 1. The Morgan fingerprint density at radius 1 is 1.40 bits per heavy atom. The molecule has 0 spiro atoms. The molecule has 80 valence electrons. The first kappa shape index (κ1) is 9.96. The summed E-state index contributed by atoms with van der Waals surface area (Å²) in [4.78, 5) is 8.26. The molecule has 0 radical (unpaired) electrons. The summed E-state index contributed by atoms with van der Waals surface area (Å²) in [6.07, 6.45) is 3.39. The van der Waals surface area contributed by atoms with Gasteiger partial charge in [-0.3, -0.25) is 4.98 Å². The van der Waals surface area contributed by atoms with Crippen molar-refractivity contribution in [1.29, 1.82) is 0 Å². The first-order valence-corrected chi connectivity index (χ1v) is 4.99. The van der Waals surface area contributed by atoms with E-state index in [1.165, 1.54) is 0 Å². The van der Waals surface area contributed by atoms with E-state index in [0.29, 0.717) is 6.01 Å². The number of fused-ring (bicyclic) bond motifs is 1. The maximum atomic E-state index is 5.50. The van der Waals surface area contributed by atoms with Crippen molar-refractivity contribution >= 4 is 17.1 Å². The van der Waals surface area contributed by atoms with E-state index in [1.54, 1.807) is 12.4 Å². The van der Waals surface area contributed by atoms with Gasteiger partial charge in [-0.1, -0.05) is 20.8 Å². The Morgan fingerprint density at radius 3 is 2.87 bits per heavy atom. The number of hydrogen-bond acceptors (Lipinski definition) is 4. The number of hydrogen-bond donors (Lipinski definition) is 1. The van der Waals surface area contributed by atoms with E-state index in [4.69, 9.17) is 4.42 Å². The van der Waals surface area contributed by atoms with Gasteiger partial charge in [0.05, 0.1) is 6.20 Å². The highest BCUT2D eigenvalue weighted by Crippen LogP contribution is 2.19. The predicted octanol–water partition coefficient (Wildman–Crippen LogP) is 2.68. The van der Waals surface area contributed by atoms with E-state index >= 15 is 0 Å². The van der Waals surface area contributed by atoms with Crippen LogP contribution in [0.5, 0.6) is 0 Å². The van der Waals surface area contributed by atoms with Crippen LogP contribution in [0.4, 0.5) is 6.01 Å². The van der Waals surface area contributed by atoms with Crippen molar-refractivity contribution < 1.29 is 4.42 Å². The van der Waals surface area contributed by atoms with Crippen LogP contribution in [0.2, 0.25) is 0 Å². The van der Waals surface area contributed by atoms with Crippen LogP contribution in [0.25, 0.3) is 11.1 Å². The molecule has 0 saturated heterocycles. The summed E-state index contributed by atoms with van der Waals surface area (Å²) in [6.45, 7) is 7.30. The zero-order chi connectivity index (χ0) is 10.9. The first-order valence-electron chi connectivity index (χ1n) is 4.99. The van der Waals surface area contributed by atoms with Crippen molar-refractivity contribution in [3.05, 3.63) is 18.5 Å². The topological polar surface area (TPSA) is 51.0 Å². The van der Waals surface area contributed by atoms with Gasteiger partial charge < -0.3 is 9.73 Å². The van der Waals surface area contributed by atoms with Crippen LogP contribution in [0.3, 0.4) is 0 Å². The molecule has 2 heterocycles. The van der Waals surface area contributed by atoms with Gasteiger partial charge in [0.15, 0.2) is 5.58 Å². The summed E-state index contributed by atoms with van der Waals surface area (Å²) in [5.74, 6) is 0. The van der Waals surface area contributed by atoms with Gasteiger partial charge in [-0.15, -0.1) is 0 Å². The van der Waals surface area contributed by atoms with Crippen LogP contribution >= 0.6 is 0 Å². The van der Waals surface area contributed by atoms with Crippen LogP contribution in [0, 0.1) is 5.41 Å². The average Bonchev–Trinajstić information content (AvgIpc) is 2.56. The molecule has 4 heteroatoms. The molecule has 0 saturated carbocycles. The minimum Gasteiger partial charge on any atom is -0.423 e. The Balaban J connectivity index is 2.16. The summed E-state index contributed by atoms with van der Waals surface area (Å²) in [5.41, 5.74) is 1.76. The maximum absolute atomic E-state index is 5.50. The van der Waals surface area contributed by atoms with E-state index in [0.717, 1.165) is 17.6 Å². The van der Waals surface area contributed by atoms with E-state index in [9.17, 15) is 0 Å². The molecule has 0 fully saturated rings. The van der Waals surface area contributed by atoms with Crippen LogP contribution in [-0.4, -0.2) is 16.5 Å². The summed E-state index contributed by atoms with van der Waals surface area (Å²) < 4.78 is 5.50. The summed E-state index contributed by atoms with van der Waals surface area (Å²) in [6, 6.07) is 2.37. The van der Waals surface area contributed by atoms with Gasteiger partial charge in [-0.2, -0.15) is 4.98 Å².